The molecule has 1 aromatic heterocycles. The number of ether oxygens (including phenoxy) is 2. The first-order chi connectivity index (χ1) is 19.3. The van der Waals surface area contributed by atoms with Gasteiger partial charge in [-0.05, 0) is 80.4 Å². The average Bonchev–Trinajstić information content (AvgIpc) is 2.98. The smallest absolute Gasteiger partial charge is 0.381 e. The second-order valence-corrected chi connectivity index (χ2v) is 11.2. The van der Waals surface area contributed by atoms with Gasteiger partial charge >= 0.3 is 6.18 Å². The number of nitrogens with zero attached hydrogens (tertiary/aromatic N) is 4. The monoisotopic (exact) mass is 560 g/mol. The molecule has 40 heavy (non-hydrogen) atoms. The average molecular weight is 561 g/mol. The van der Waals surface area contributed by atoms with Crippen LogP contribution >= 0.6 is 0 Å². The van der Waals surface area contributed by atoms with Crippen molar-refractivity contribution >= 4 is 17.4 Å². The molecular formula is C30H39F3N4O3. The van der Waals surface area contributed by atoms with Crippen LogP contribution in [0.5, 0.6) is 0 Å². The highest BCUT2D eigenvalue weighted by molar-refractivity contribution is 5.93. The summed E-state index contributed by atoms with van der Waals surface area (Å²) in [6.07, 6.45) is 1.71. The van der Waals surface area contributed by atoms with Crippen LogP contribution in [-0.4, -0.2) is 74.9 Å². The molecule has 1 amide bonds. The minimum atomic E-state index is -4.32. The third kappa shape index (κ3) is 7.73. The number of hydrogen-bond acceptors (Lipinski definition) is 6. The molecule has 0 saturated carbocycles. The number of carbonyl (C=O) groups excluding carboxylic acids is 1. The van der Waals surface area contributed by atoms with Gasteiger partial charge in [-0.3, -0.25) is 9.69 Å². The Morgan fingerprint density at radius 2 is 1.55 bits per heavy atom. The molecule has 0 radical (unpaired) electrons. The number of alkyl halides is 3. The van der Waals surface area contributed by atoms with Crippen molar-refractivity contribution in [2.24, 2.45) is 11.8 Å². The number of rotatable bonds is 8. The highest BCUT2D eigenvalue weighted by Crippen LogP contribution is 2.30. The quantitative estimate of drug-likeness (QED) is 0.453. The summed E-state index contributed by atoms with van der Waals surface area (Å²) in [5.74, 6) is 1.73. The predicted octanol–water partition coefficient (Wildman–Crippen LogP) is 5.00. The van der Waals surface area contributed by atoms with Gasteiger partial charge in [0.2, 0.25) is 5.91 Å². The highest BCUT2D eigenvalue weighted by atomic mass is 19.4. The third-order valence-corrected chi connectivity index (χ3v) is 8.32. The van der Waals surface area contributed by atoms with Crippen LogP contribution in [0.2, 0.25) is 0 Å². The Morgan fingerprint density at radius 1 is 0.875 bits per heavy atom. The van der Waals surface area contributed by atoms with E-state index in [1.807, 2.05) is 23.2 Å². The van der Waals surface area contributed by atoms with Crippen molar-refractivity contribution in [3.05, 3.63) is 53.7 Å². The molecule has 0 aliphatic carbocycles. The summed E-state index contributed by atoms with van der Waals surface area (Å²) < 4.78 is 49.6. The molecule has 0 atom stereocenters. The standard InChI is InChI=1S/C30H39F3N4O3/c31-30(32,33)26-3-1-24(2-4-26)21-35-11-7-25(8-12-35)22-37(29(38)19-23-9-15-39-16-10-23)27-5-6-28(34-20-27)36-13-17-40-18-14-36/h1-6,20,23,25H,7-19,21-22H2. The highest BCUT2D eigenvalue weighted by Gasteiger charge is 2.30. The van der Waals surface area contributed by atoms with E-state index in [1.54, 1.807) is 12.1 Å². The van der Waals surface area contributed by atoms with Gasteiger partial charge in [-0.2, -0.15) is 13.2 Å². The van der Waals surface area contributed by atoms with Crippen molar-refractivity contribution < 1.29 is 27.4 Å². The second kappa shape index (κ2) is 13.3. The molecule has 2 aromatic rings. The summed E-state index contributed by atoms with van der Waals surface area (Å²) in [7, 11) is 0. The van der Waals surface area contributed by atoms with Gasteiger partial charge in [0.1, 0.15) is 5.82 Å². The summed E-state index contributed by atoms with van der Waals surface area (Å²) in [4.78, 5) is 24.7. The van der Waals surface area contributed by atoms with Crippen LogP contribution in [0.1, 0.15) is 43.2 Å². The molecule has 218 valence electrons. The Bertz CT molecular complexity index is 1080. The zero-order valence-corrected chi connectivity index (χ0v) is 23.0. The van der Waals surface area contributed by atoms with E-state index in [-0.39, 0.29) is 5.91 Å². The summed E-state index contributed by atoms with van der Waals surface area (Å²) >= 11 is 0. The van der Waals surface area contributed by atoms with Gasteiger partial charge in [-0.15, -0.1) is 0 Å². The van der Waals surface area contributed by atoms with Gasteiger partial charge < -0.3 is 19.3 Å². The van der Waals surface area contributed by atoms with Crippen LogP contribution in [0.4, 0.5) is 24.7 Å². The fraction of sp³-hybridized carbons (Fsp3) is 0.600. The number of likely N-dealkylation sites (tertiary alicyclic amines) is 1. The molecule has 0 spiro atoms. The Balaban J connectivity index is 1.20. The van der Waals surface area contributed by atoms with Crippen LogP contribution in [0, 0.1) is 11.8 Å². The summed E-state index contributed by atoms with van der Waals surface area (Å²) in [6, 6.07) is 9.46. The minimum Gasteiger partial charge on any atom is -0.381 e. The molecule has 0 unspecified atom stereocenters. The predicted molar refractivity (Wildman–Crippen MR) is 147 cm³/mol. The van der Waals surface area contributed by atoms with Crippen molar-refractivity contribution in [1.82, 2.24) is 9.88 Å². The van der Waals surface area contributed by atoms with E-state index in [4.69, 9.17) is 14.5 Å². The lowest BCUT2D eigenvalue weighted by Crippen LogP contribution is -2.41. The number of carbonyl (C=O) groups is 1. The van der Waals surface area contributed by atoms with Gasteiger partial charge in [-0.25, -0.2) is 4.98 Å². The first kappa shape index (κ1) is 28.8. The number of amides is 1. The fourth-order valence-corrected chi connectivity index (χ4v) is 5.82. The Kier molecular flexibility index (Phi) is 9.59. The Labute approximate surface area is 234 Å². The lowest BCUT2D eigenvalue weighted by Gasteiger charge is -2.35. The van der Waals surface area contributed by atoms with Crippen LogP contribution in [0.25, 0.3) is 0 Å². The number of morpholine rings is 1. The normalized spacial score (nSPS) is 20.0. The number of piperidine rings is 1. The molecule has 0 bridgehead atoms. The van der Waals surface area contributed by atoms with E-state index in [1.165, 1.54) is 0 Å². The second-order valence-electron chi connectivity index (χ2n) is 11.2. The van der Waals surface area contributed by atoms with E-state index >= 15 is 0 Å². The van der Waals surface area contributed by atoms with Crippen molar-refractivity contribution in [3.8, 4) is 0 Å². The number of halogens is 3. The van der Waals surface area contributed by atoms with E-state index in [9.17, 15) is 18.0 Å². The van der Waals surface area contributed by atoms with Gasteiger partial charge in [0, 0.05) is 45.8 Å². The zero-order valence-electron chi connectivity index (χ0n) is 23.0. The minimum absolute atomic E-state index is 0.139. The molecule has 0 N–H and O–H groups in total. The number of aromatic nitrogens is 1. The first-order valence-corrected chi connectivity index (χ1v) is 14.4. The number of hydrogen-bond donors (Lipinski definition) is 0. The molecule has 5 rings (SSSR count). The summed E-state index contributed by atoms with van der Waals surface area (Å²) in [5.41, 5.74) is 1.10. The molecule has 1 aromatic carbocycles. The molecular weight excluding hydrogens is 521 g/mol. The molecule has 3 saturated heterocycles. The third-order valence-electron chi connectivity index (χ3n) is 8.32. The maximum Gasteiger partial charge on any atom is 0.416 e. The van der Waals surface area contributed by atoms with Crippen molar-refractivity contribution in [3.63, 3.8) is 0 Å². The Hall–Kier alpha value is -2.69. The van der Waals surface area contributed by atoms with E-state index < -0.39 is 11.7 Å². The van der Waals surface area contributed by atoms with Crippen LogP contribution in [-0.2, 0) is 27.0 Å². The van der Waals surface area contributed by atoms with Gasteiger partial charge in [0.05, 0.1) is 30.7 Å². The number of benzene rings is 1. The molecule has 3 fully saturated rings. The Morgan fingerprint density at radius 3 is 2.17 bits per heavy atom. The lowest BCUT2D eigenvalue weighted by molar-refractivity contribution is -0.137. The maximum atomic E-state index is 13.6. The fourth-order valence-electron chi connectivity index (χ4n) is 5.82. The molecule has 3 aliphatic heterocycles. The van der Waals surface area contributed by atoms with E-state index in [0.29, 0.717) is 57.8 Å². The topological polar surface area (TPSA) is 58.1 Å². The summed E-state index contributed by atoms with van der Waals surface area (Å²) in [6.45, 7) is 7.40. The SMILES string of the molecule is O=C(CC1CCOCC1)N(CC1CCN(Cc2ccc(C(F)(F)F)cc2)CC1)c1ccc(N2CCOCC2)nc1. The van der Waals surface area contributed by atoms with Gasteiger partial charge in [-0.1, -0.05) is 12.1 Å². The lowest BCUT2D eigenvalue weighted by atomic mass is 9.93. The first-order valence-electron chi connectivity index (χ1n) is 14.4. The molecule has 4 heterocycles. The van der Waals surface area contributed by atoms with Crippen LogP contribution < -0.4 is 9.80 Å². The number of pyridine rings is 1. The van der Waals surface area contributed by atoms with Gasteiger partial charge in [0.25, 0.3) is 0 Å². The van der Waals surface area contributed by atoms with Crippen molar-refractivity contribution in [1.29, 1.82) is 0 Å². The molecule has 3 aliphatic rings. The zero-order chi connectivity index (χ0) is 28.0. The van der Waals surface area contributed by atoms with Crippen LogP contribution in [0.3, 0.4) is 0 Å². The largest absolute Gasteiger partial charge is 0.416 e. The van der Waals surface area contributed by atoms with E-state index in [0.717, 1.165) is 81.1 Å². The van der Waals surface area contributed by atoms with Crippen LogP contribution in [0.15, 0.2) is 42.6 Å². The molecule has 10 heteroatoms. The van der Waals surface area contributed by atoms with Crippen molar-refractivity contribution in [2.45, 2.75) is 44.8 Å². The van der Waals surface area contributed by atoms with Crippen molar-refractivity contribution in [2.75, 3.05) is 69.0 Å². The maximum absolute atomic E-state index is 13.6. The number of anilines is 2. The van der Waals surface area contributed by atoms with E-state index in [2.05, 4.69) is 9.80 Å². The summed E-state index contributed by atoms with van der Waals surface area (Å²) in [5, 5.41) is 0. The van der Waals surface area contributed by atoms with Gasteiger partial charge in [0.15, 0.2) is 0 Å². The molecule has 7 nitrogen and oxygen atoms in total.